The summed E-state index contributed by atoms with van der Waals surface area (Å²) in [7, 11) is 0. The molecule has 0 amide bonds. The van der Waals surface area contributed by atoms with Gasteiger partial charge in [0.25, 0.3) is 5.69 Å². The molecule has 0 unspecified atom stereocenters. The molecular weight excluding hydrogens is 260 g/mol. The van der Waals surface area contributed by atoms with E-state index in [1.807, 2.05) is 0 Å². The minimum Gasteiger partial charge on any atom is -0.466 e. The third kappa shape index (κ3) is 3.89. The Kier molecular flexibility index (Phi) is 5.38. The van der Waals surface area contributed by atoms with Crippen LogP contribution in [-0.2, 0) is 9.53 Å². The van der Waals surface area contributed by atoms with E-state index in [2.05, 4.69) is 5.32 Å². The fraction of sp³-hybridized carbons (Fsp3) is 0.364. The Bertz CT molecular complexity index is 451. The molecule has 0 bridgehead atoms. The van der Waals surface area contributed by atoms with Gasteiger partial charge in [-0.25, -0.2) is 0 Å². The maximum atomic E-state index is 11.1. The number of esters is 1. The lowest BCUT2D eigenvalue weighted by atomic mass is 10.2. The van der Waals surface area contributed by atoms with Crippen LogP contribution in [0.25, 0.3) is 0 Å². The molecule has 7 heteroatoms. The quantitative estimate of drug-likeness (QED) is 0.489. The third-order valence-corrected chi connectivity index (χ3v) is 2.44. The van der Waals surface area contributed by atoms with Gasteiger partial charge >= 0.3 is 5.97 Å². The molecular formula is C11H13ClN2O4. The fourth-order valence-corrected chi connectivity index (χ4v) is 1.60. The number of rotatable bonds is 6. The Labute approximate surface area is 109 Å². The summed E-state index contributed by atoms with van der Waals surface area (Å²) in [5.74, 6) is -0.361. The van der Waals surface area contributed by atoms with Crippen LogP contribution in [0.15, 0.2) is 18.2 Å². The number of nitro groups is 1. The molecule has 18 heavy (non-hydrogen) atoms. The molecule has 0 saturated carbocycles. The summed E-state index contributed by atoms with van der Waals surface area (Å²) in [5, 5.41) is 13.8. The van der Waals surface area contributed by atoms with E-state index in [9.17, 15) is 14.9 Å². The van der Waals surface area contributed by atoms with E-state index in [0.29, 0.717) is 6.61 Å². The highest BCUT2D eigenvalue weighted by Crippen LogP contribution is 2.31. The summed E-state index contributed by atoms with van der Waals surface area (Å²) in [5.41, 5.74) is 0.0971. The van der Waals surface area contributed by atoms with Crippen molar-refractivity contribution in [3.05, 3.63) is 33.3 Å². The van der Waals surface area contributed by atoms with Crippen molar-refractivity contribution in [2.45, 2.75) is 13.3 Å². The molecule has 0 aromatic heterocycles. The number of ether oxygens (including phenoxy) is 1. The van der Waals surface area contributed by atoms with Gasteiger partial charge in [0.1, 0.15) is 5.69 Å². The molecule has 0 atom stereocenters. The van der Waals surface area contributed by atoms with Gasteiger partial charge in [0.15, 0.2) is 0 Å². The van der Waals surface area contributed by atoms with Crippen molar-refractivity contribution in [2.75, 3.05) is 18.5 Å². The van der Waals surface area contributed by atoms with Crippen molar-refractivity contribution in [2.24, 2.45) is 0 Å². The van der Waals surface area contributed by atoms with E-state index in [-0.39, 0.29) is 35.3 Å². The van der Waals surface area contributed by atoms with Gasteiger partial charge in [0.2, 0.25) is 0 Å². The average molecular weight is 273 g/mol. The van der Waals surface area contributed by atoms with Crippen molar-refractivity contribution in [3.63, 3.8) is 0 Å². The molecule has 0 fully saturated rings. The molecule has 6 nitrogen and oxygen atoms in total. The number of nitrogens with zero attached hydrogens (tertiary/aromatic N) is 1. The Morgan fingerprint density at radius 1 is 1.56 bits per heavy atom. The highest BCUT2D eigenvalue weighted by Gasteiger charge is 2.16. The van der Waals surface area contributed by atoms with Crippen LogP contribution in [0.1, 0.15) is 13.3 Å². The van der Waals surface area contributed by atoms with Gasteiger partial charge in [0, 0.05) is 12.6 Å². The van der Waals surface area contributed by atoms with Crippen molar-refractivity contribution in [1.29, 1.82) is 0 Å². The molecule has 0 radical (unpaired) electrons. The number of benzene rings is 1. The Morgan fingerprint density at radius 3 is 2.89 bits per heavy atom. The number of anilines is 1. The minimum absolute atomic E-state index is 0.119. The highest BCUT2D eigenvalue weighted by atomic mass is 35.5. The fourth-order valence-electron chi connectivity index (χ4n) is 1.36. The largest absolute Gasteiger partial charge is 0.466 e. The van der Waals surface area contributed by atoms with E-state index < -0.39 is 4.92 Å². The summed E-state index contributed by atoms with van der Waals surface area (Å²) in [4.78, 5) is 21.4. The zero-order valence-electron chi connectivity index (χ0n) is 9.81. The highest BCUT2D eigenvalue weighted by molar-refractivity contribution is 6.33. The number of hydrogen-bond donors (Lipinski definition) is 1. The lowest BCUT2D eigenvalue weighted by molar-refractivity contribution is -0.383. The Morgan fingerprint density at radius 2 is 2.28 bits per heavy atom. The summed E-state index contributed by atoms with van der Waals surface area (Å²) >= 11 is 5.87. The van der Waals surface area contributed by atoms with E-state index >= 15 is 0 Å². The standard InChI is InChI=1S/C11H13ClN2O4/c1-2-18-10(15)6-7-13-11-8(12)4-3-5-9(11)14(16)17/h3-5,13H,2,6-7H2,1H3. The van der Waals surface area contributed by atoms with Crippen LogP contribution in [0.5, 0.6) is 0 Å². The molecule has 0 heterocycles. The van der Waals surface area contributed by atoms with E-state index in [4.69, 9.17) is 16.3 Å². The first-order chi connectivity index (χ1) is 8.56. The molecule has 0 aliphatic rings. The lowest BCUT2D eigenvalue weighted by Crippen LogP contribution is -2.12. The molecule has 1 N–H and O–H groups in total. The zero-order chi connectivity index (χ0) is 13.5. The Balaban J connectivity index is 2.67. The van der Waals surface area contributed by atoms with Gasteiger partial charge in [-0.2, -0.15) is 0 Å². The predicted octanol–water partition coefficient (Wildman–Crippen LogP) is 2.61. The normalized spacial score (nSPS) is 9.89. The number of carbonyl (C=O) groups is 1. The molecule has 98 valence electrons. The molecule has 1 aromatic carbocycles. The van der Waals surface area contributed by atoms with Crippen LogP contribution in [0.4, 0.5) is 11.4 Å². The monoisotopic (exact) mass is 272 g/mol. The van der Waals surface area contributed by atoms with Crippen LogP contribution < -0.4 is 5.32 Å². The summed E-state index contributed by atoms with van der Waals surface area (Å²) in [6.07, 6.45) is 0.121. The van der Waals surface area contributed by atoms with Gasteiger partial charge in [-0.1, -0.05) is 17.7 Å². The summed E-state index contributed by atoms with van der Waals surface area (Å²) < 4.78 is 4.74. The van der Waals surface area contributed by atoms with Gasteiger partial charge in [0.05, 0.1) is 23.0 Å². The van der Waals surface area contributed by atoms with Gasteiger partial charge in [-0.05, 0) is 13.0 Å². The molecule has 0 saturated heterocycles. The second kappa shape index (κ2) is 6.80. The van der Waals surface area contributed by atoms with E-state index in [0.717, 1.165) is 0 Å². The van der Waals surface area contributed by atoms with Crippen molar-refractivity contribution < 1.29 is 14.5 Å². The smallest absolute Gasteiger partial charge is 0.307 e. The van der Waals surface area contributed by atoms with Crippen LogP contribution in [0.3, 0.4) is 0 Å². The summed E-state index contributed by atoms with van der Waals surface area (Å²) in [6.45, 7) is 2.25. The topological polar surface area (TPSA) is 81.5 Å². The number of carbonyl (C=O) groups excluding carboxylic acids is 1. The second-order valence-corrected chi connectivity index (χ2v) is 3.78. The molecule has 0 aliphatic heterocycles. The number of para-hydroxylation sites is 1. The first-order valence-electron chi connectivity index (χ1n) is 5.38. The van der Waals surface area contributed by atoms with Gasteiger partial charge in [-0.15, -0.1) is 0 Å². The maximum Gasteiger partial charge on any atom is 0.307 e. The maximum absolute atomic E-state index is 11.1. The van der Waals surface area contributed by atoms with Crippen LogP contribution >= 0.6 is 11.6 Å². The van der Waals surface area contributed by atoms with Gasteiger partial charge in [-0.3, -0.25) is 14.9 Å². The van der Waals surface area contributed by atoms with Gasteiger partial charge < -0.3 is 10.1 Å². The zero-order valence-corrected chi connectivity index (χ0v) is 10.6. The summed E-state index contributed by atoms with van der Waals surface area (Å²) in [6, 6.07) is 4.39. The lowest BCUT2D eigenvalue weighted by Gasteiger charge is -2.08. The molecule has 1 rings (SSSR count). The van der Waals surface area contributed by atoms with Crippen LogP contribution in [-0.4, -0.2) is 24.0 Å². The number of nitrogens with one attached hydrogen (secondary N) is 1. The predicted molar refractivity (Wildman–Crippen MR) is 67.8 cm³/mol. The Hall–Kier alpha value is -1.82. The van der Waals surface area contributed by atoms with Crippen molar-refractivity contribution >= 4 is 28.9 Å². The first-order valence-corrected chi connectivity index (χ1v) is 5.76. The molecule has 1 aromatic rings. The molecule has 0 aliphatic carbocycles. The SMILES string of the molecule is CCOC(=O)CCNc1c(Cl)cccc1[N+](=O)[O-]. The molecule has 0 spiro atoms. The average Bonchev–Trinajstić information content (AvgIpc) is 2.31. The van der Waals surface area contributed by atoms with Crippen molar-refractivity contribution in [1.82, 2.24) is 0 Å². The van der Waals surface area contributed by atoms with Crippen molar-refractivity contribution in [3.8, 4) is 0 Å². The van der Waals surface area contributed by atoms with E-state index in [1.165, 1.54) is 12.1 Å². The van der Waals surface area contributed by atoms with E-state index in [1.54, 1.807) is 13.0 Å². The second-order valence-electron chi connectivity index (χ2n) is 3.37. The number of hydrogen-bond acceptors (Lipinski definition) is 5. The van der Waals surface area contributed by atoms with Crippen LogP contribution in [0.2, 0.25) is 5.02 Å². The number of nitro benzene ring substituents is 1. The first kappa shape index (κ1) is 14.2. The minimum atomic E-state index is -0.529. The van der Waals surface area contributed by atoms with Crippen LogP contribution in [0, 0.1) is 10.1 Å². The number of halogens is 1. The third-order valence-electron chi connectivity index (χ3n) is 2.12.